The molecule has 1 aromatic carbocycles. The third kappa shape index (κ3) is 3.24. The number of phenols is 1. The third-order valence-corrected chi connectivity index (χ3v) is 3.01. The highest BCUT2D eigenvalue weighted by Crippen LogP contribution is 2.29. The summed E-state index contributed by atoms with van der Waals surface area (Å²) >= 11 is 0. The van der Waals surface area contributed by atoms with Crippen LogP contribution in [-0.2, 0) is 0 Å². The molecule has 0 aliphatic rings. The van der Waals surface area contributed by atoms with Crippen LogP contribution in [0.5, 0.6) is 5.75 Å². The number of rotatable bonds is 5. The average Bonchev–Trinajstić information content (AvgIpc) is 2.26. The Bertz CT molecular complexity index is 322. The van der Waals surface area contributed by atoms with Crippen LogP contribution in [0.4, 0.5) is 0 Å². The van der Waals surface area contributed by atoms with E-state index in [1.54, 1.807) is 6.07 Å². The van der Waals surface area contributed by atoms with Gasteiger partial charge in [0.25, 0.3) is 0 Å². The van der Waals surface area contributed by atoms with Crippen LogP contribution >= 0.6 is 0 Å². The summed E-state index contributed by atoms with van der Waals surface area (Å²) in [5.41, 5.74) is 0.998. The van der Waals surface area contributed by atoms with E-state index in [2.05, 4.69) is 33.0 Å². The van der Waals surface area contributed by atoms with Gasteiger partial charge in [0.15, 0.2) is 0 Å². The SMILES string of the molecule is CCC(C)NC(c1ccccc1O)C(C)C. The van der Waals surface area contributed by atoms with Crippen molar-refractivity contribution in [1.82, 2.24) is 5.32 Å². The highest BCUT2D eigenvalue weighted by molar-refractivity contribution is 5.34. The number of nitrogens with one attached hydrogen (secondary N) is 1. The van der Waals surface area contributed by atoms with E-state index in [1.807, 2.05) is 18.2 Å². The minimum Gasteiger partial charge on any atom is -0.508 e. The molecule has 0 aliphatic heterocycles. The van der Waals surface area contributed by atoms with Crippen LogP contribution in [0.1, 0.15) is 45.7 Å². The summed E-state index contributed by atoms with van der Waals surface area (Å²) in [4.78, 5) is 0. The highest BCUT2D eigenvalue weighted by Gasteiger charge is 2.19. The van der Waals surface area contributed by atoms with Gasteiger partial charge in [-0.1, -0.05) is 39.0 Å². The Balaban J connectivity index is 2.90. The quantitative estimate of drug-likeness (QED) is 0.798. The number of hydrogen-bond donors (Lipinski definition) is 2. The topological polar surface area (TPSA) is 32.3 Å². The molecular weight excluding hydrogens is 198 g/mol. The Labute approximate surface area is 98.7 Å². The smallest absolute Gasteiger partial charge is 0.120 e. The zero-order valence-electron chi connectivity index (χ0n) is 10.7. The van der Waals surface area contributed by atoms with Crippen molar-refractivity contribution in [3.8, 4) is 5.75 Å². The lowest BCUT2D eigenvalue weighted by Crippen LogP contribution is -2.33. The van der Waals surface area contributed by atoms with Crippen molar-refractivity contribution in [2.75, 3.05) is 0 Å². The lowest BCUT2D eigenvalue weighted by molar-refractivity contribution is 0.351. The van der Waals surface area contributed by atoms with Gasteiger partial charge in [-0.15, -0.1) is 0 Å². The monoisotopic (exact) mass is 221 g/mol. The van der Waals surface area contributed by atoms with Gasteiger partial charge in [-0.3, -0.25) is 0 Å². The van der Waals surface area contributed by atoms with E-state index in [9.17, 15) is 5.11 Å². The molecule has 0 amide bonds. The molecule has 1 aromatic rings. The van der Waals surface area contributed by atoms with Crippen molar-refractivity contribution in [1.29, 1.82) is 0 Å². The maximum absolute atomic E-state index is 9.88. The van der Waals surface area contributed by atoms with Crippen LogP contribution in [0.25, 0.3) is 0 Å². The zero-order chi connectivity index (χ0) is 12.1. The largest absolute Gasteiger partial charge is 0.508 e. The van der Waals surface area contributed by atoms with Crippen LogP contribution in [0.2, 0.25) is 0 Å². The number of aromatic hydroxyl groups is 1. The zero-order valence-corrected chi connectivity index (χ0v) is 10.7. The molecule has 2 nitrogen and oxygen atoms in total. The molecule has 0 spiro atoms. The first-order valence-corrected chi connectivity index (χ1v) is 6.10. The van der Waals surface area contributed by atoms with Crippen molar-refractivity contribution in [3.05, 3.63) is 29.8 Å². The molecule has 2 atom stereocenters. The van der Waals surface area contributed by atoms with Gasteiger partial charge in [-0.25, -0.2) is 0 Å². The predicted molar refractivity (Wildman–Crippen MR) is 68.6 cm³/mol. The fraction of sp³-hybridized carbons (Fsp3) is 0.571. The molecule has 0 heterocycles. The van der Waals surface area contributed by atoms with E-state index in [4.69, 9.17) is 0 Å². The Hall–Kier alpha value is -1.02. The van der Waals surface area contributed by atoms with Crippen LogP contribution in [0.3, 0.4) is 0 Å². The maximum Gasteiger partial charge on any atom is 0.120 e. The molecule has 2 unspecified atom stereocenters. The number of benzene rings is 1. The van der Waals surface area contributed by atoms with Crippen molar-refractivity contribution >= 4 is 0 Å². The van der Waals surface area contributed by atoms with E-state index in [0.29, 0.717) is 17.7 Å². The predicted octanol–water partition coefficient (Wildman–Crippen LogP) is 3.48. The van der Waals surface area contributed by atoms with Crippen LogP contribution in [0, 0.1) is 5.92 Å². The minimum absolute atomic E-state index is 0.219. The van der Waals surface area contributed by atoms with Crippen LogP contribution in [-0.4, -0.2) is 11.1 Å². The molecule has 2 N–H and O–H groups in total. The van der Waals surface area contributed by atoms with Gasteiger partial charge in [0, 0.05) is 17.6 Å². The lowest BCUT2D eigenvalue weighted by Gasteiger charge is -2.27. The molecule has 0 bridgehead atoms. The number of phenolic OH excluding ortho intramolecular Hbond substituents is 1. The molecular formula is C14H23NO. The van der Waals surface area contributed by atoms with Crippen molar-refractivity contribution in [2.45, 2.75) is 46.2 Å². The van der Waals surface area contributed by atoms with Gasteiger partial charge in [-0.2, -0.15) is 0 Å². The maximum atomic E-state index is 9.88. The summed E-state index contributed by atoms with van der Waals surface area (Å²) < 4.78 is 0. The van der Waals surface area contributed by atoms with Gasteiger partial charge < -0.3 is 10.4 Å². The van der Waals surface area contributed by atoms with Crippen LogP contribution < -0.4 is 5.32 Å². The summed E-state index contributed by atoms with van der Waals surface area (Å²) in [7, 11) is 0. The van der Waals surface area contributed by atoms with E-state index in [-0.39, 0.29) is 6.04 Å². The second kappa shape index (κ2) is 5.90. The molecule has 90 valence electrons. The summed E-state index contributed by atoms with van der Waals surface area (Å²) in [5.74, 6) is 0.847. The lowest BCUT2D eigenvalue weighted by atomic mass is 9.94. The summed E-state index contributed by atoms with van der Waals surface area (Å²) in [6, 6.07) is 8.27. The molecule has 2 heteroatoms. The summed E-state index contributed by atoms with van der Waals surface area (Å²) in [5, 5.41) is 13.4. The average molecular weight is 221 g/mol. The van der Waals surface area contributed by atoms with Gasteiger partial charge in [-0.05, 0) is 25.3 Å². The number of para-hydroxylation sites is 1. The van der Waals surface area contributed by atoms with Crippen LogP contribution in [0.15, 0.2) is 24.3 Å². The normalized spacial score (nSPS) is 15.1. The Kier molecular flexibility index (Phi) is 4.81. The fourth-order valence-corrected chi connectivity index (χ4v) is 1.82. The van der Waals surface area contributed by atoms with Crippen molar-refractivity contribution < 1.29 is 5.11 Å². The first-order valence-electron chi connectivity index (χ1n) is 6.10. The number of hydrogen-bond acceptors (Lipinski definition) is 2. The molecule has 0 aromatic heterocycles. The van der Waals surface area contributed by atoms with Crippen molar-refractivity contribution in [2.24, 2.45) is 5.92 Å². The highest BCUT2D eigenvalue weighted by atomic mass is 16.3. The Morgan fingerprint density at radius 2 is 1.81 bits per heavy atom. The van der Waals surface area contributed by atoms with Gasteiger partial charge in [0.1, 0.15) is 5.75 Å². The molecule has 0 fully saturated rings. The first kappa shape index (κ1) is 13.0. The second-order valence-corrected chi connectivity index (χ2v) is 4.76. The van der Waals surface area contributed by atoms with E-state index < -0.39 is 0 Å². The van der Waals surface area contributed by atoms with E-state index in [1.165, 1.54) is 0 Å². The summed E-state index contributed by atoms with van der Waals surface area (Å²) in [6.45, 7) is 8.69. The van der Waals surface area contributed by atoms with Gasteiger partial charge in [0.05, 0.1) is 0 Å². The second-order valence-electron chi connectivity index (χ2n) is 4.76. The van der Waals surface area contributed by atoms with Crippen molar-refractivity contribution in [3.63, 3.8) is 0 Å². The first-order chi connectivity index (χ1) is 7.56. The molecule has 0 saturated carbocycles. The Morgan fingerprint density at radius 3 is 2.31 bits per heavy atom. The third-order valence-electron chi connectivity index (χ3n) is 3.01. The van der Waals surface area contributed by atoms with E-state index >= 15 is 0 Å². The molecule has 16 heavy (non-hydrogen) atoms. The summed E-state index contributed by atoms with van der Waals surface area (Å²) in [6.07, 6.45) is 1.09. The molecule has 0 saturated heterocycles. The molecule has 1 rings (SSSR count). The fourth-order valence-electron chi connectivity index (χ4n) is 1.82. The standard InChI is InChI=1S/C14H23NO/c1-5-11(4)15-14(10(2)3)12-8-6-7-9-13(12)16/h6-11,14-16H,5H2,1-4H3. The Morgan fingerprint density at radius 1 is 1.19 bits per heavy atom. The van der Waals surface area contributed by atoms with E-state index in [0.717, 1.165) is 12.0 Å². The molecule has 0 radical (unpaired) electrons. The molecule has 0 aliphatic carbocycles. The van der Waals surface area contributed by atoms with Gasteiger partial charge in [0.2, 0.25) is 0 Å². The minimum atomic E-state index is 0.219. The van der Waals surface area contributed by atoms with Gasteiger partial charge >= 0.3 is 0 Å².